The van der Waals surface area contributed by atoms with Gasteiger partial charge in [-0.2, -0.15) is 18.3 Å². The molecule has 6 heterocycles. The number of para-hydroxylation sites is 1. The summed E-state index contributed by atoms with van der Waals surface area (Å²) in [5, 5.41) is 10.3. The number of ether oxygens (including phenoxy) is 1. The first-order chi connectivity index (χ1) is 25.9. The number of fused-ring (bicyclic) bond motifs is 2. The molecule has 17 heteroatoms. The fourth-order valence-electron chi connectivity index (χ4n) is 7.95. The van der Waals surface area contributed by atoms with Gasteiger partial charge in [-0.1, -0.05) is 12.1 Å². The van der Waals surface area contributed by atoms with Crippen molar-refractivity contribution >= 4 is 51.2 Å². The van der Waals surface area contributed by atoms with Gasteiger partial charge in [0.15, 0.2) is 0 Å². The van der Waals surface area contributed by atoms with Crippen molar-refractivity contribution in [3.8, 4) is 0 Å². The van der Waals surface area contributed by atoms with Crippen LogP contribution < -0.4 is 21.2 Å². The van der Waals surface area contributed by atoms with E-state index in [2.05, 4.69) is 25.5 Å². The number of imidazole rings is 1. The molecule has 14 nitrogen and oxygen atoms in total. The van der Waals surface area contributed by atoms with Crippen LogP contribution in [0.3, 0.4) is 0 Å². The minimum Gasteiger partial charge on any atom is -0.375 e. The number of rotatable bonds is 7. The van der Waals surface area contributed by atoms with E-state index in [9.17, 15) is 32.3 Å². The maximum absolute atomic E-state index is 13.4. The van der Waals surface area contributed by atoms with Crippen molar-refractivity contribution in [1.82, 2.24) is 34.2 Å². The van der Waals surface area contributed by atoms with Crippen LogP contribution in [0.5, 0.6) is 0 Å². The summed E-state index contributed by atoms with van der Waals surface area (Å²) >= 11 is 0. The molecule has 54 heavy (non-hydrogen) atoms. The van der Waals surface area contributed by atoms with Gasteiger partial charge in [-0.25, -0.2) is 14.8 Å². The predicted octanol–water partition coefficient (Wildman–Crippen LogP) is 4.90. The highest BCUT2D eigenvalue weighted by atomic mass is 19.4. The molecule has 1 saturated carbocycles. The van der Waals surface area contributed by atoms with Crippen molar-refractivity contribution in [2.45, 2.75) is 81.8 Å². The van der Waals surface area contributed by atoms with E-state index in [4.69, 9.17) is 9.84 Å². The molecule has 3 amide bonds. The number of carbonyl (C=O) groups is 3. The molecule has 282 valence electrons. The largest absolute Gasteiger partial charge is 0.433 e. The zero-order valence-corrected chi connectivity index (χ0v) is 29.4. The van der Waals surface area contributed by atoms with Crippen molar-refractivity contribution in [3.63, 3.8) is 0 Å². The third-order valence-corrected chi connectivity index (χ3v) is 10.7. The minimum atomic E-state index is -4.66. The number of imide groups is 1. The lowest BCUT2D eigenvalue weighted by atomic mass is 9.92. The van der Waals surface area contributed by atoms with E-state index in [1.165, 1.54) is 16.8 Å². The Morgan fingerprint density at radius 3 is 2.44 bits per heavy atom. The SMILES string of the molecule is Cn1c(=O)n(C2CCC(=O)NC2=O)c2cccc(N3CCC(O[C@H]4CC[C@H](n5cc6cc(NC(=O)c7cccc(C(F)(F)F)n7)ncc6n5)CC4)CC3)c21. The third kappa shape index (κ3) is 6.83. The van der Waals surface area contributed by atoms with Crippen molar-refractivity contribution in [3.05, 3.63) is 76.7 Å². The van der Waals surface area contributed by atoms with Gasteiger partial charge in [0.25, 0.3) is 5.91 Å². The van der Waals surface area contributed by atoms with E-state index in [-0.39, 0.29) is 54.2 Å². The molecule has 5 aromatic rings. The quantitative estimate of drug-likeness (QED) is 0.221. The number of piperidine rings is 2. The van der Waals surface area contributed by atoms with Crippen LogP contribution in [0.25, 0.3) is 21.9 Å². The topological polar surface area (TPSA) is 158 Å². The Labute approximate surface area is 306 Å². The maximum Gasteiger partial charge on any atom is 0.433 e. The summed E-state index contributed by atoms with van der Waals surface area (Å²) in [5.41, 5.74) is 1.21. The van der Waals surface area contributed by atoms with Gasteiger partial charge in [-0.3, -0.25) is 33.5 Å². The summed E-state index contributed by atoms with van der Waals surface area (Å²) in [6.07, 6.45) is 4.62. The van der Waals surface area contributed by atoms with Crippen LogP contribution >= 0.6 is 0 Å². The summed E-state index contributed by atoms with van der Waals surface area (Å²) in [4.78, 5) is 60.3. The summed E-state index contributed by atoms with van der Waals surface area (Å²) in [6, 6.07) is 9.97. The number of nitrogens with zero attached hydrogens (tertiary/aromatic N) is 7. The zero-order chi connectivity index (χ0) is 37.7. The van der Waals surface area contributed by atoms with E-state index < -0.39 is 29.7 Å². The monoisotopic (exact) mass is 745 g/mol. The molecule has 0 bridgehead atoms. The molecule has 2 saturated heterocycles. The molecule has 2 aliphatic heterocycles. The average Bonchev–Trinajstić information content (AvgIpc) is 3.70. The summed E-state index contributed by atoms with van der Waals surface area (Å²) in [5.74, 6) is -1.39. The number of halogens is 3. The highest BCUT2D eigenvalue weighted by molar-refractivity contribution is 6.03. The second kappa shape index (κ2) is 14.0. The van der Waals surface area contributed by atoms with Gasteiger partial charge in [0, 0.05) is 38.1 Å². The van der Waals surface area contributed by atoms with Crippen LogP contribution in [0.15, 0.2) is 59.7 Å². The van der Waals surface area contributed by atoms with Gasteiger partial charge < -0.3 is 15.0 Å². The van der Waals surface area contributed by atoms with Gasteiger partial charge >= 0.3 is 11.9 Å². The third-order valence-electron chi connectivity index (χ3n) is 10.7. The number of anilines is 2. The Balaban J connectivity index is 0.857. The van der Waals surface area contributed by atoms with E-state index in [1.54, 1.807) is 17.7 Å². The van der Waals surface area contributed by atoms with E-state index in [0.717, 1.165) is 80.3 Å². The molecule has 1 unspecified atom stereocenters. The normalized spacial score (nSPS) is 21.5. The second-order valence-electron chi connectivity index (χ2n) is 14.2. The molecule has 3 aliphatic rings. The van der Waals surface area contributed by atoms with E-state index in [0.29, 0.717) is 11.0 Å². The number of alkyl halides is 3. The lowest BCUT2D eigenvalue weighted by molar-refractivity contribution is -0.141. The van der Waals surface area contributed by atoms with Crippen LogP contribution in [-0.2, 0) is 27.5 Å². The second-order valence-corrected chi connectivity index (χ2v) is 14.2. The Morgan fingerprint density at radius 2 is 1.70 bits per heavy atom. The highest BCUT2D eigenvalue weighted by Crippen LogP contribution is 2.35. The number of pyridine rings is 2. The fraction of sp³-hybridized carbons (Fsp3) is 0.432. The van der Waals surface area contributed by atoms with Crippen molar-refractivity contribution in [1.29, 1.82) is 0 Å². The number of hydrogen-bond donors (Lipinski definition) is 2. The summed E-state index contributed by atoms with van der Waals surface area (Å²) in [6.45, 7) is 1.51. The number of benzene rings is 1. The number of hydrogen-bond acceptors (Lipinski definition) is 9. The lowest BCUT2D eigenvalue weighted by Crippen LogP contribution is -2.44. The van der Waals surface area contributed by atoms with Crippen LogP contribution in [0.2, 0.25) is 0 Å². The van der Waals surface area contributed by atoms with Gasteiger partial charge in [0.2, 0.25) is 11.8 Å². The average molecular weight is 746 g/mol. The van der Waals surface area contributed by atoms with Gasteiger partial charge in [0.1, 0.15) is 28.8 Å². The summed E-state index contributed by atoms with van der Waals surface area (Å²) in [7, 11) is 1.72. The van der Waals surface area contributed by atoms with Crippen molar-refractivity contribution in [2.75, 3.05) is 23.3 Å². The molecule has 1 aromatic carbocycles. The first kappa shape index (κ1) is 35.4. The Hall–Kier alpha value is -5.58. The number of aryl methyl sites for hydroxylation is 1. The predicted molar refractivity (Wildman–Crippen MR) is 191 cm³/mol. The minimum absolute atomic E-state index is 0.108. The standard InChI is InChI=1S/C37H38F3N9O5/c1-46-33-27(5-3-6-28(33)49(36(46)53)29-12-13-32(50)44-35(29)52)47-16-14-24(15-17-47)54-23-10-8-22(9-11-23)48-20-21-18-31(41-19-26(21)45-48)43-34(51)25-4-2-7-30(42-25)37(38,39)40/h2-7,18-20,22-24,29H,8-17H2,1H3,(H,43,51)(H,44,50,52)/t22-,23-,29?. The number of amides is 3. The fourth-order valence-corrected chi connectivity index (χ4v) is 7.95. The van der Waals surface area contributed by atoms with Crippen LogP contribution in [0, 0.1) is 0 Å². The molecule has 2 N–H and O–H groups in total. The number of nitrogens with one attached hydrogen (secondary N) is 2. The van der Waals surface area contributed by atoms with Crippen molar-refractivity contribution < 1.29 is 32.3 Å². The zero-order valence-electron chi connectivity index (χ0n) is 29.4. The maximum atomic E-state index is 13.4. The molecule has 4 aromatic heterocycles. The van der Waals surface area contributed by atoms with Gasteiger partial charge in [-0.15, -0.1) is 0 Å². The molecular weight excluding hydrogens is 707 g/mol. The first-order valence-corrected chi connectivity index (χ1v) is 18.1. The lowest BCUT2D eigenvalue weighted by Gasteiger charge is -2.37. The van der Waals surface area contributed by atoms with Crippen molar-refractivity contribution in [2.24, 2.45) is 7.05 Å². The highest BCUT2D eigenvalue weighted by Gasteiger charge is 2.34. The van der Waals surface area contributed by atoms with Crippen LogP contribution in [0.4, 0.5) is 24.7 Å². The van der Waals surface area contributed by atoms with Gasteiger partial charge in [-0.05, 0) is 75.3 Å². The molecule has 1 atom stereocenters. The number of carbonyl (C=O) groups excluding carboxylic acids is 3. The molecule has 0 radical (unpaired) electrons. The Bertz CT molecular complexity index is 2320. The molecule has 0 spiro atoms. The molecular formula is C37H38F3N9O5. The van der Waals surface area contributed by atoms with Gasteiger partial charge in [0.05, 0.1) is 41.2 Å². The Morgan fingerprint density at radius 1 is 0.963 bits per heavy atom. The first-order valence-electron chi connectivity index (χ1n) is 18.1. The number of aromatic nitrogens is 6. The van der Waals surface area contributed by atoms with Crippen LogP contribution in [-0.4, -0.2) is 71.9 Å². The smallest absolute Gasteiger partial charge is 0.375 e. The molecule has 3 fully saturated rings. The molecule has 8 rings (SSSR count). The summed E-state index contributed by atoms with van der Waals surface area (Å²) < 4.78 is 50.8. The molecule has 1 aliphatic carbocycles. The van der Waals surface area contributed by atoms with Crippen LogP contribution in [0.1, 0.15) is 79.6 Å². The van der Waals surface area contributed by atoms with E-state index >= 15 is 0 Å². The van der Waals surface area contributed by atoms with E-state index in [1.807, 2.05) is 29.1 Å². The Kier molecular flexibility index (Phi) is 9.19.